The summed E-state index contributed by atoms with van der Waals surface area (Å²) in [6, 6.07) is 7.50. The second-order valence-electron chi connectivity index (χ2n) is 6.25. The molecule has 1 unspecified atom stereocenters. The summed E-state index contributed by atoms with van der Waals surface area (Å²) in [5.41, 5.74) is 4.40. The Bertz CT molecular complexity index is 404. The topological polar surface area (TPSA) is 24.1 Å². The lowest BCUT2D eigenvalue weighted by atomic mass is 9.83. The Balaban J connectivity index is 2.01. The number of hydrogen-bond acceptors (Lipinski definition) is 2. The molecule has 1 fully saturated rings. The standard InChI is InChI=1S/C16H26N2/c1-12-5-6-14(9-13(12)2)16(3,4)11-18-15-7-8-17-10-15/h5-6,9,15,17-18H,7-8,10-11H2,1-4H3. The van der Waals surface area contributed by atoms with E-state index in [4.69, 9.17) is 0 Å². The molecule has 0 aromatic heterocycles. The molecular weight excluding hydrogens is 220 g/mol. The Morgan fingerprint density at radius 2 is 2.06 bits per heavy atom. The van der Waals surface area contributed by atoms with Crippen LogP contribution < -0.4 is 10.6 Å². The number of hydrogen-bond donors (Lipinski definition) is 2. The van der Waals surface area contributed by atoms with Crippen LogP contribution in [0, 0.1) is 13.8 Å². The fourth-order valence-corrected chi connectivity index (χ4v) is 2.49. The van der Waals surface area contributed by atoms with E-state index in [-0.39, 0.29) is 5.41 Å². The highest BCUT2D eigenvalue weighted by molar-refractivity contribution is 5.34. The van der Waals surface area contributed by atoms with Crippen molar-refractivity contribution in [2.24, 2.45) is 0 Å². The van der Waals surface area contributed by atoms with Gasteiger partial charge < -0.3 is 10.6 Å². The SMILES string of the molecule is Cc1ccc(C(C)(C)CNC2CCNC2)cc1C. The molecule has 1 aromatic rings. The van der Waals surface area contributed by atoms with Gasteiger partial charge >= 0.3 is 0 Å². The lowest BCUT2D eigenvalue weighted by Gasteiger charge is -2.28. The van der Waals surface area contributed by atoms with Gasteiger partial charge in [-0.3, -0.25) is 0 Å². The Morgan fingerprint density at radius 1 is 1.28 bits per heavy atom. The van der Waals surface area contributed by atoms with Crippen molar-refractivity contribution in [1.82, 2.24) is 10.6 Å². The minimum Gasteiger partial charge on any atom is -0.315 e. The van der Waals surface area contributed by atoms with Crippen LogP contribution >= 0.6 is 0 Å². The third-order valence-corrected chi connectivity index (χ3v) is 4.18. The van der Waals surface area contributed by atoms with Gasteiger partial charge in [-0.15, -0.1) is 0 Å². The van der Waals surface area contributed by atoms with E-state index in [9.17, 15) is 0 Å². The summed E-state index contributed by atoms with van der Waals surface area (Å²) in [6.07, 6.45) is 1.25. The minimum absolute atomic E-state index is 0.195. The zero-order valence-corrected chi connectivity index (χ0v) is 12.1. The lowest BCUT2D eigenvalue weighted by molar-refractivity contribution is 0.428. The molecule has 1 heterocycles. The van der Waals surface area contributed by atoms with E-state index in [1.807, 2.05) is 0 Å². The van der Waals surface area contributed by atoms with E-state index in [1.165, 1.54) is 23.1 Å². The highest BCUT2D eigenvalue weighted by Crippen LogP contribution is 2.24. The molecule has 1 aromatic carbocycles. The van der Waals surface area contributed by atoms with Crippen LogP contribution in [0.1, 0.15) is 37.0 Å². The molecule has 2 N–H and O–H groups in total. The fraction of sp³-hybridized carbons (Fsp3) is 0.625. The van der Waals surface area contributed by atoms with Crippen LogP contribution in [-0.2, 0) is 5.41 Å². The summed E-state index contributed by atoms with van der Waals surface area (Å²) in [7, 11) is 0. The average molecular weight is 246 g/mol. The molecular formula is C16H26N2. The Kier molecular flexibility index (Phi) is 4.08. The van der Waals surface area contributed by atoms with Crippen LogP contribution in [0.5, 0.6) is 0 Å². The van der Waals surface area contributed by atoms with E-state index in [0.29, 0.717) is 6.04 Å². The van der Waals surface area contributed by atoms with Crippen molar-refractivity contribution >= 4 is 0 Å². The molecule has 1 saturated heterocycles. The van der Waals surface area contributed by atoms with Crippen LogP contribution in [0.15, 0.2) is 18.2 Å². The second-order valence-corrected chi connectivity index (χ2v) is 6.25. The van der Waals surface area contributed by atoms with Gasteiger partial charge in [0.1, 0.15) is 0 Å². The van der Waals surface area contributed by atoms with Crippen molar-refractivity contribution in [2.45, 2.75) is 45.6 Å². The van der Waals surface area contributed by atoms with Gasteiger partial charge in [0.25, 0.3) is 0 Å². The summed E-state index contributed by atoms with van der Waals surface area (Å²) >= 11 is 0. The molecule has 2 rings (SSSR count). The molecule has 0 bridgehead atoms. The first-order chi connectivity index (χ1) is 8.49. The van der Waals surface area contributed by atoms with Crippen molar-refractivity contribution < 1.29 is 0 Å². The van der Waals surface area contributed by atoms with Gasteiger partial charge in [-0.1, -0.05) is 32.0 Å². The third kappa shape index (κ3) is 3.12. The molecule has 0 radical (unpaired) electrons. The maximum Gasteiger partial charge on any atom is 0.0204 e. The van der Waals surface area contributed by atoms with E-state index in [2.05, 4.69) is 56.5 Å². The number of rotatable bonds is 4. The molecule has 0 aliphatic carbocycles. The van der Waals surface area contributed by atoms with Crippen LogP contribution in [0.4, 0.5) is 0 Å². The van der Waals surface area contributed by atoms with Crippen molar-refractivity contribution in [3.8, 4) is 0 Å². The largest absolute Gasteiger partial charge is 0.315 e. The highest BCUT2D eigenvalue weighted by Gasteiger charge is 2.23. The summed E-state index contributed by atoms with van der Waals surface area (Å²) < 4.78 is 0. The smallest absolute Gasteiger partial charge is 0.0204 e. The average Bonchev–Trinajstić information content (AvgIpc) is 2.83. The molecule has 1 aliphatic rings. The van der Waals surface area contributed by atoms with Crippen LogP contribution in [-0.4, -0.2) is 25.7 Å². The first-order valence-electron chi connectivity index (χ1n) is 7.01. The summed E-state index contributed by atoms with van der Waals surface area (Å²) in [5, 5.41) is 7.09. The van der Waals surface area contributed by atoms with Crippen molar-refractivity contribution in [3.05, 3.63) is 34.9 Å². The molecule has 2 nitrogen and oxygen atoms in total. The molecule has 100 valence electrons. The predicted molar refractivity (Wildman–Crippen MR) is 78.2 cm³/mol. The number of nitrogens with one attached hydrogen (secondary N) is 2. The number of benzene rings is 1. The summed E-state index contributed by atoms with van der Waals surface area (Å²) in [5.74, 6) is 0. The zero-order valence-electron chi connectivity index (χ0n) is 12.1. The van der Waals surface area contributed by atoms with Gasteiger partial charge in [0.2, 0.25) is 0 Å². The maximum atomic E-state index is 3.69. The molecule has 2 heteroatoms. The van der Waals surface area contributed by atoms with Crippen LogP contribution in [0.2, 0.25) is 0 Å². The molecule has 0 amide bonds. The van der Waals surface area contributed by atoms with Crippen molar-refractivity contribution in [3.63, 3.8) is 0 Å². The molecule has 0 saturated carbocycles. The fourth-order valence-electron chi connectivity index (χ4n) is 2.49. The molecule has 18 heavy (non-hydrogen) atoms. The van der Waals surface area contributed by atoms with Gasteiger partial charge in [0.05, 0.1) is 0 Å². The third-order valence-electron chi connectivity index (χ3n) is 4.18. The second kappa shape index (κ2) is 5.41. The first kappa shape index (κ1) is 13.6. The number of aryl methyl sites for hydroxylation is 2. The van der Waals surface area contributed by atoms with Gasteiger partial charge in [-0.05, 0) is 43.5 Å². The van der Waals surface area contributed by atoms with E-state index in [0.717, 1.165) is 19.6 Å². The summed E-state index contributed by atoms with van der Waals surface area (Å²) in [4.78, 5) is 0. The Morgan fingerprint density at radius 3 is 2.67 bits per heavy atom. The van der Waals surface area contributed by atoms with Gasteiger partial charge in [-0.2, -0.15) is 0 Å². The first-order valence-corrected chi connectivity index (χ1v) is 7.01. The van der Waals surface area contributed by atoms with Gasteiger partial charge in [0.15, 0.2) is 0 Å². The Hall–Kier alpha value is -0.860. The normalized spacial score (nSPS) is 20.3. The van der Waals surface area contributed by atoms with E-state index in [1.54, 1.807) is 0 Å². The predicted octanol–water partition coefficient (Wildman–Crippen LogP) is 2.53. The highest BCUT2D eigenvalue weighted by atomic mass is 15.0. The van der Waals surface area contributed by atoms with Gasteiger partial charge in [-0.25, -0.2) is 0 Å². The van der Waals surface area contributed by atoms with Gasteiger partial charge in [0, 0.05) is 24.5 Å². The van der Waals surface area contributed by atoms with E-state index >= 15 is 0 Å². The van der Waals surface area contributed by atoms with Crippen LogP contribution in [0.3, 0.4) is 0 Å². The van der Waals surface area contributed by atoms with Crippen molar-refractivity contribution in [1.29, 1.82) is 0 Å². The monoisotopic (exact) mass is 246 g/mol. The molecule has 1 atom stereocenters. The quantitative estimate of drug-likeness (QED) is 0.853. The zero-order chi connectivity index (χ0) is 13.2. The van der Waals surface area contributed by atoms with E-state index < -0.39 is 0 Å². The Labute approximate surface area is 111 Å². The minimum atomic E-state index is 0.195. The lowest BCUT2D eigenvalue weighted by Crippen LogP contribution is -2.40. The summed E-state index contributed by atoms with van der Waals surface area (Å²) in [6.45, 7) is 12.3. The maximum absolute atomic E-state index is 3.69. The molecule has 0 spiro atoms. The van der Waals surface area contributed by atoms with Crippen molar-refractivity contribution in [2.75, 3.05) is 19.6 Å². The molecule has 1 aliphatic heterocycles. The van der Waals surface area contributed by atoms with Crippen LogP contribution in [0.25, 0.3) is 0 Å².